The molecule has 2 aliphatic rings. The van der Waals surface area contributed by atoms with Gasteiger partial charge in [0, 0.05) is 61.5 Å². The average Bonchev–Trinajstić information content (AvgIpc) is 3.49. The van der Waals surface area contributed by atoms with Crippen molar-refractivity contribution in [2.45, 2.75) is 50.5 Å². The van der Waals surface area contributed by atoms with Crippen molar-refractivity contribution in [1.82, 2.24) is 10.3 Å². The summed E-state index contributed by atoms with van der Waals surface area (Å²) in [6.45, 7) is 1.33. The number of carbonyl (C=O) groups excluding carboxylic acids is 1. The molecule has 1 unspecified atom stereocenters. The maximum absolute atomic E-state index is 14.2. The lowest BCUT2D eigenvalue weighted by molar-refractivity contribution is -0.0835. The molecule has 0 radical (unpaired) electrons. The fraction of sp³-hybridized carbons (Fsp3) is 0.382. The number of rotatable bonds is 8. The van der Waals surface area contributed by atoms with Crippen LogP contribution < -0.4 is 15.4 Å². The molecule has 2 N–H and O–H groups in total. The zero-order valence-corrected chi connectivity index (χ0v) is 24.5. The predicted molar refractivity (Wildman–Crippen MR) is 163 cm³/mol. The number of amides is 1. The number of methoxy groups -OCH3 is 1. The summed E-state index contributed by atoms with van der Waals surface area (Å²) in [5.74, 6) is -3.17. The van der Waals surface area contributed by atoms with Gasteiger partial charge in [0.1, 0.15) is 23.1 Å². The highest BCUT2D eigenvalue weighted by Gasteiger charge is 2.41. The average molecular weight is 601 g/mol. The number of nitrogens with one attached hydrogen (secondary N) is 2. The molecule has 1 saturated carbocycles. The van der Waals surface area contributed by atoms with E-state index < -0.39 is 17.7 Å². The van der Waals surface area contributed by atoms with Gasteiger partial charge in [-0.2, -0.15) is 5.26 Å². The first-order chi connectivity index (χ1) is 21.4. The van der Waals surface area contributed by atoms with Crippen molar-refractivity contribution in [3.05, 3.63) is 65.9 Å². The molecule has 0 bridgehead atoms. The normalized spacial score (nSPS) is 18.5. The topological polar surface area (TPSA) is 109 Å². The molecule has 2 aromatic carbocycles. The van der Waals surface area contributed by atoms with Crippen LogP contribution in [0.25, 0.3) is 33.6 Å². The Kier molecular flexibility index (Phi) is 8.49. The summed E-state index contributed by atoms with van der Waals surface area (Å²) < 4.78 is 45.8. The molecule has 0 spiro atoms. The number of alkyl halides is 2. The second-order valence-electron chi connectivity index (χ2n) is 11.4. The second-order valence-corrected chi connectivity index (χ2v) is 11.4. The van der Waals surface area contributed by atoms with Gasteiger partial charge >= 0.3 is 0 Å². The van der Waals surface area contributed by atoms with Gasteiger partial charge in [0.2, 0.25) is 0 Å². The fourth-order valence-electron chi connectivity index (χ4n) is 6.06. The molecule has 2 fully saturated rings. The lowest BCUT2D eigenvalue weighted by Crippen LogP contribution is -2.40. The van der Waals surface area contributed by atoms with Gasteiger partial charge in [-0.1, -0.05) is 12.5 Å². The number of aromatic nitrogens is 1. The van der Waals surface area contributed by atoms with E-state index in [4.69, 9.17) is 13.9 Å². The van der Waals surface area contributed by atoms with E-state index in [1.165, 1.54) is 7.11 Å². The van der Waals surface area contributed by atoms with E-state index in [0.29, 0.717) is 65.4 Å². The van der Waals surface area contributed by atoms with Crippen LogP contribution in [-0.4, -0.2) is 49.7 Å². The summed E-state index contributed by atoms with van der Waals surface area (Å²) in [4.78, 5) is 17.4. The molecule has 1 atom stereocenters. The Morgan fingerprint density at radius 1 is 1.09 bits per heavy atom. The fourth-order valence-corrected chi connectivity index (χ4v) is 6.06. The summed E-state index contributed by atoms with van der Waals surface area (Å²) in [7, 11) is 1.49. The van der Waals surface area contributed by atoms with E-state index in [9.17, 15) is 18.8 Å². The van der Waals surface area contributed by atoms with E-state index in [2.05, 4.69) is 21.7 Å². The van der Waals surface area contributed by atoms with Gasteiger partial charge in [-0.3, -0.25) is 9.78 Å². The standard InChI is InChI=1S/C34H34F2N4O4/c1-42-30-17-22(33(41)39-20-24-4-2-3-12-34(24,35)36)5-7-27(30)31-18-29-32(44-31)26(9-13-38-29)21-6-8-28(23(16-21)19-37)40-25-10-14-43-15-11-25/h5-9,13,16-18,24-25,40H,2-4,10-12,14-15,20H2,1H3,(H,39,41). The Morgan fingerprint density at radius 3 is 2.70 bits per heavy atom. The van der Waals surface area contributed by atoms with Crippen LogP contribution in [0.1, 0.15) is 54.4 Å². The summed E-state index contributed by atoms with van der Waals surface area (Å²) >= 11 is 0. The molecule has 8 nitrogen and oxygen atoms in total. The van der Waals surface area contributed by atoms with Crippen LogP contribution in [0.3, 0.4) is 0 Å². The molecular weight excluding hydrogens is 566 g/mol. The minimum Gasteiger partial charge on any atom is -0.496 e. The SMILES string of the molecule is COc1cc(C(=O)NCC2CCCCC2(F)F)ccc1-c1cc2nccc(-c3ccc(NC4CCOCC4)c(C#N)c3)c2o1. The minimum absolute atomic E-state index is 0.0754. The van der Waals surface area contributed by atoms with Gasteiger partial charge in [0.05, 0.1) is 23.9 Å². The van der Waals surface area contributed by atoms with Gasteiger partial charge < -0.3 is 24.5 Å². The molecule has 1 aliphatic carbocycles. The number of carbonyl (C=O) groups is 1. The zero-order chi connectivity index (χ0) is 30.7. The molecule has 6 rings (SSSR count). The summed E-state index contributed by atoms with van der Waals surface area (Å²) in [5, 5.41) is 16.1. The third kappa shape index (κ3) is 6.10. The highest BCUT2D eigenvalue weighted by molar-refractivity contribution is 5.96. The zero-order valence-electron chi connectivity index (χ0n) is 24.5. The largest absolute Gasteiger partial charge is 0.496 e. The van der Waals surface area contributed by atoms with Crippen LogP contribution in [-0.2, 0) is 4.74 Å². The highest BCUT2D eigenvalue weighted by Crippen LogP contribution is 2.39. The van der Waals surface area contributed by atoms with Gasteiger partial charge in [-0.05, 0) is 67.6 Å². The van der Waals surface area contributed by atoms with Crippen molar-refractivity contribution in [2.75, 3.05) is 32.2 Å². The van der Waals surface area contributed by atoms with Crippen LogP contribution in [0.5, 0.6) is 5.75 Å². The van der Waals surface area contributed by atoms with Gasteiger partial charge in [0.15, 0.2) is 5.58 Å². The molecule has 4 aromatic rings. The number of hydrogen-bond acceptors (Lipinski definition) is 7. The lowest BCUT2D eigenvalue weighted by Gasteiger charge is -2.31. The lowest BCUT2D eigenvalue weighted by atomic mass is 9.85. The van der Waals surface area contributed by atoms with Gasteiger partial charge in [-0.25, -0.2) is 8.78 Å². The molecule has 228 valence electrons. The maximum Gasteiger partial charge on any atom is 0.252 e. The van der Waals surface area contributed by atoms with Crippen molar-refractivity contribution in [3.63, 3.8) is 0 Å². The van der Waals surface area contributed by atoms with Crippen LogP contribution in [0.15, 0.2) is 59.1 Å². The number of nitriles is 1. The van der Waals surface area contributed by atoms with E-state index in [-0.39, 0.29) is 19.0 Å². The first-order valence-electron chi connectivity index (χ1n) is 15.0. The van der Waals surface area contributed by atoms with Crippen molar-refractivity contribution < 1.29 is 27.5 Å². The number of benzene rings is 2. The van der Waals surface area contributed by atoms with Gasteiger partial charge in [0.25, 0.3) is 11.8 Å². The van der Waals surface area contributed by atoms with Crippen LogP contribution >= 0.6 is 0 Å². The molecule has 1 saturated heterocycles. The molecule has 1 amide bonds. The summed E-state index contributed by atoms with van der Waals surface area (Å²) in [6, 6.07) is 16.8. The number of ether oxygens (including phenoxy) is 2. The number of pyridine rings is 1. The number of anilines is 1. The van der Waals surface area contributed by atoms with E-state index in [0.717, 1.165) is 36.1 Å². The molecule has 44 heavy (non-hydrogen) atoms. The predicted octanol–water partition coefficient (Wildman–Crippen LogP) is 7.19. The maximum atomic E-state index is 14.2. The van der Waals surface area contributed by atoms with Crippen LogP contribution in [0.2, 0.25) is 0 Å². The van der Waals surface area contributed by atoms with E-state index >= 15 is 0 Å². The Balaban J connectivity index is 1.24. The second kappa shape index (κ2) is 12.6. The summed E-state index contributed by atoms with van der Waals surface area (Å²) in [6.07, 6.45) is 4.98. The third-order valence-corrected chi connectivity index (χ3v) is 8.59. The van der Waals surface area contributed by atoms with E-state index in [1.54, 1.807) is 30.5 Å². The Hall–Kier alpha value is -4.49. The number of halogens is 2. The Morgan fingerprint density at radius 2 is 1.93 bits per heavy atom. The molecule has 2 aromatic heterocycles. The number of hydrogen-bond donors (Lipinski definition) is 2. The van der Waals surface area contributed by atoms with Crippen molar-refractivity contribution in [1.29, 1.82) is 5.26 Å². The monoisotopic (exact) mass is 600 g/mol. The van der Waals surface area contributed by atoms with Crippen molar-refractivity contribution in [2.24, 2.45) is 5.92 Å². The minimum atomic E-state index is -2.76. The Labute approximate surface area is 254 Å². The smallest absolute Gasteiger partial charge is 0.252 e. The molecule has 10 heteroatoms. The van der Waals surface area contributed by atoms with Crippen LogP contribution in [0.4, 0.5) is 14.5 Å². The third-order valence-electron chi connectivity index (χ3n) is 8.59. The molecule has 3 heterocycles. The highest BCUT2D eigenvalue weighted by atomic mass is 19.3. The van der Waals surface area contributed by atoms with Crippen molar-refractivity contribution in [3.8, 4) is 34.3 Å². The van der Waals surface area contributed by atoms with Crippen molar-refractivity contribution >= 4 is 22.7 Å². The quantitative estimate of drug-likeness (QED) is 0.220. The first-order valence-corrected chi connectivity index (χ1v) is 15.0. The summed E-state index contributed by atoms with van der Waals surface area (Å²) in [5.41, 5.74) is 5.01. The molecule has 1 aliphatic heterocycles. The van der Waals surface area contributed by atoms with Crippen LogP contribution in [0, 0.1) is 17.2 Å². The van der Waals surface area contributed by atoms with Gasteiger partial charge in [-0.15, -0.1) is 0 Å². The molecular formula is C34H34F2N4O4. The number of nitrogens with zero attached hydrogens (tertiary/aromatic N) is 2. The van der Waals surface area contributed by atoms with E-state index in [1.807, 2.05) is 24.3 Å². The number of furan rings is 1. The number of fused-ring (bicyclic) bond motifs is 1. The Bertz CT molecular complexity index is 1710. The first kappa shape index (κ1) is 29.6.